The summed E-state index contributed by atoms with van der Waals surface area (Å²) in [6.45, 7) is 1.77. The summed E-state index contributed by atoms with van der Waals surface area (Å²) in [4.78, 5) is 11.9. The molecule has 2 aromatic carbocycles. The van der Waals surface area contributed by atoms with Gasteiger partial charge in [0, 0.05) is 11.8 Å². The third-order valence-electron chi connectivity index (χ3n) is 3.10. The first kappa shape index (κ1) is 13.1. The van der Waals surface area contributed by atoms with Crippen LogP contribution in [0.1, 0.15) is 16.2 Å². The average Bonchev–Trinajstić information content (AvgIpc) is 2.96. The van der Waals surface area contributed by atoms with Gasteiger partial charge in [-0.2, -0.15) is 0 Å². The van der Waals surface area contributed by atoms with E-state index in [1.54, 1.807) is 13.0 Å². The lowest BCUT2D eigenvalue weighted by molar-refractivity contribution is 0.0988. The quantitative estimate of drug-likeness (QED) is 0.790. The number of anilines is 1. The number of aryl methyl sites for hydroxylation is 1. The number of nitrogens with zero attached hydrogens (tertiary/aromatic N) is 1. The van der Waals surface area contributed by atoms with Crippen molar-refractivity contribution in [3.8, 4) is 11.1 Å². The predicted molar refractivity (Wildman–Crippen MR) is 81.1 cm³/mol. The van der Waals surface area contributed by atoms with Gasteiger partial charge in [0.05, 0.1) is 5.69 Å². The SMILES string of the molecule is Cc1cc(C(=O)Nc2ccc(-c3ccccc3)cc2)on1. The Morgan fingerprint density at radius 3 is 2.29 bits per heavy atom. The van der Waals surface area contributed by atoms with Gasteiger partial charge in [0.15, 0.2) is 0 Å². The highest BCUT2D eigenvalue weighted by molar-refractivity contribution is 6.02. The summed E-state index contributed by atoms with van der Waals surface area (Å²) in [6, 6.07) is 19.3. The second kappa shape index (κ2) is 5.63. The number of amides is 1. The van der Waals surface area contributed by atoms with Crippen molar-refractivity contribution in [2.45, 2.75) is 6.92 Å². The smallest absolute Gasteiger partial charge is 0.294 e. The van der Waals surface area contributed by atoms with E-state index in [9.17, 15) is 4.79 Å². The Labute approximate surface area is 122 Å². The Bertz CT molecular complexity index is 746. The number of rotatable bonds is 3. The average molecular weight is 278 g/mol. The van der Waals surface area contributed by atoms with Crippen molar-refractivity contribution in [2.75, 3.05) is 5.32 Å². The first-order valence-electron chi connectivity index (χ1n) is 6.62. The van der Waals surface area contributed by atoms with Gasteiger partial charge in [-0.1, -0.05) is 47.6 Å². The first-order chi connectivity index (χ1) is 10.2. The topological polar surface area (TPSA) is 55.1 Å². The van der Waals surface area contributed by atoms with Gasteiger partial charge in [0.25, 0.3) is 5.91 Å². The molecule has 3 rings (SSSR count). The number of aromatic nitrogens is 1. The van der Waals surface area contributed by atoms with Crippen LogP contribution in [-0.4, -0.2) is 11.1 Å². The van der Waals surface area contributed by atoms with Crippen LogP contribution in [0.5, 0.6) is 0 Å². The highest BCUT2D eigenvalue weighted by Crippen LogP contribution is 2.21. The van der Waals surface area contributed by atoms with E-state index in [1.165, 1.54) is 0 Å². The molecule has 3 aromatic rings. The molecule has 0 spiro atoms. The van der Waals surface area contributed by atoms with Gasteiger partial charge >= 0.3 is 0 Å². The first-order valence-corrected chi connectivity index (χ1v) is 6.62. The van der Waals surface area contributed by atoms with E-state index in [1.807, 2.05) is 54.6 Å². The van der Waals surface area contributed by atoms with E-state index < -0.39 is 0 Å². The van der Waals surface area contributed by atoms with E-state index in [0.29, 0.717) is 11.4 Å². The summed E-state index contributed by atoms with van der Waals surface area (Å²) in [5.74, 6) is -0.0947. The summed E-state index contributed by atoms with van der Waals surface area (Å²) >= 11 is 0. The minimum Gasteiger partial charge on any atom is -0.351 e. The van der Waals surface area contributed by atoms with Crippen LogP contribution >= 0.6 is 0 Å². The fourth-order valence-electron chi connectivity index (χ4n) is 2.04. The maximum atomic E-state index is 11.9. The molecule has 0 atom stereocenters. The van der Waals surface area contributed by atoms with Crippen molar-refractivity contribution >= 4 is 11.6 Å². The van der Waals surface area contributed by atoms with E-state index in [2.05, 4.69) is 10.5 Å². The number of carbonyl (C=O) groups is 1. The largest absolute Gasteiger partial charge is 0.351 e. The zero-order valence-corrected chi connectivity index (χ0v) is 11.5. The number of nitrogens with one attached hydrogen (secondary N) is 1. The van der Waals surface area contributed by atoms with Crippen molar-refractivity contribution in [2.24, 2.45) is 0 Å². The number of hydrogen-bond donors (Lipinski definition) is 1. The number of carbonyl (C=O) groups excluding carboxylic acids is 1. The predicted octanol–water partition coefficient (Wildman–Crippen LogP) is 3.90. The second-order valence-electron chi connectivity index (χ2n) is 4.73. The molecule has 0 fully saturated rings. The Morgan fingerprint density at radius 1 is 1.00 bits per heavy atom. The van der Waals surface area contributed by atoms with Crippen molar-refractivity contribution in [1.82, 2.24) is 5.16 Å². The van der Waals surface area contributed by atoms with Crippen LogP contribution < -0.4 is 5.32 Å². The third-order valence-corrected chi connectivity index (χ3v) is 3.10. The maximum Gasteiger partial charge on any atom is 0.294 e. The molecule has 1 aromatic heterocycles. The zero-order chi connectivity index (χ0) is 14.7. The van der Waals surface area contributed by atoms with Crippen LogP contribution in [0.25, 0.3) is 11.1 Å². The third kappa shape index (κ3) is 3.00. The molecule has 1 N–H and O–H groups in total. The van der Waals surface area contributed by atoms with E-state index in [-0.39, 0.29) is 11.7 Å². The molecule has 0 unspecified atom stereocenters. The van der Waals surface area contributed by atoms with Gasteiger partial charge in [0.1, 0.15) is 0 Å². The zero-order valence-electron chi connectivity index (χ0n) is 11.5. The molecule has 1 amide bonds. The molecule has 104 valence electrons. The summed E-state index contributed by atoms with van der Waals surface area (Å²) in [6.07, 6.45) is 0. The van der Waals surface area contributed by atoms with Gasteiger partial charge in [-0.25, -0.2) is 0 Å². The normalized spacial score (nSPS) is 10.3. The van der Waals surface area contributed by atoms with Gasteiger partial charge < -0.3 is 9.84 Å². The minimum absolute atomic E-state index is 0.208. The summed E-state index contributed by atoms with van der Waals surface area (Å²) in [5.41, 5.74) is 3.64. The fourth-order valence-corrected chi connectivity index (χ4v) is 2.04. The Morgan fingerprint density at radius 2 is 1.67 bits per heavy atom. The fraction of sp³-hybridized carbons (Fsp3) is 0.0588. The van der Waals surface area contributed by atoms with E-state index >= 15 is 0 Å². The van der Waals surface area contributed by atoms with Crippen LogP contribution in [0.3, 0.4) is 0 Å². The van der Waals surface area contributed by atoms with Crippen molar-refractivity contribution in [1.29, 1.82) is 0 Å². The molecule has 4 nitrogen and oxygen atoms in total. The summed E-state index contributed by atoms with van der Waals surface area (Å²) < 4.78 is 4.93. The number of hydrogen-bond acceptors (Lipinski definition) is 3. The summed E-state index contributed by atoms with van der Waals surface area (Å²) in [7, 11) is 0. The molecule has 0 aliphatic heterocycles. The van der Waals surface area contributed by atoms with Crippen molar-refractivity contribution in [3.05, 3.63) is 72.1 Å². The molecule has 0 aliphatic rings. The van der Waals surface area contributed by atoms with Crippen LogP contribution in [0, 0.1) is 6.92 Å². The lowest BCUT2D eigenvalue weighted by Crippen LogP contribution is -2.10. The molecule has 0 saturated heterocycles. The highest BCUT2D eigenvalue weighted by Gasteiger charge is 2.11. The number of benzene rings is 2. The molecule has 1 heterocycles. The van der Waals surface area contributed by atoms with Gasteiger partial charge in [-0.3, -0.25) is 4.79 Å². The highest BCUT2D eigenvalue weighted by atomic mass is 16.5. The molecule has 21 heavy (non-hydrogen) atoms. The van der Waals surface area contributed by atoms with Crippen LogP contribution in [0.15, 0.2) is 65.2 Å². The minimum atomic E-state index is -0.303. The molecular formula is C17H14N2O2. The molecule has 4 heteroatoms. The van der Waals surface area contributed by atoms with Crippen molar-refractivity contribution < 1.29 is 9.32 Å². The van der Waals surface area contributed by atoms with Crippen LogP contribution in [0.2, 0.25) is 0 Å². The summed E-state index contributed by atoms with van der Waals surface area (Å²) in [5, 5.41) is 6.47. The molecule has 0 saturated carbocycles. The van der Waals surface area contributed by atoms with Crippen LogP contribution in [0.4, 0.5) is 5.69 Å². The van der Waals surface area contributed by atoms with Gasteiger partial charge in [-0.05, 0) is 30.2 Å². The lowest BCUT2D eigenvalue weighted by Gasteiger charge is -2.05. The van der Waals surface area contributed by atoms with Gasteiger partial charge in [-0.15, -0.1) is 0 Å². The molecule has 0 bridgehead atoms. The molecule has 0 radical (unpaired) electrons. The Hall–Kier alpha value is -2.88. The lowest BCUT2D eigenvalue weighted by atomic mass is 10.1. The maximum absolute atomic E-state index is 11.9. The molecular weight excluding hydrogens is 264 g/mol. The van der Waals surface area contributed by atoms with Gasteiger partial charge in [0.2, 0.25) is 5.76 Å². The molecule has 0 aliphatic carbocycles. The van der Waals surface area contributed by atoms with Crippen molar-refractivity contribution in [3.63, 3.8) is 0 Å². The van der Waals surface area contributed by atoms with E-state index in [4.69, 9.17) is 4.52 Å². The Kier molecular flexibility index (Phi) is 3.51. The monoisotopic (exact) mass is 278 g/mol. The second-order valence-corrected chi connectivity index (χ2v) is 4.73. The standard InChI is InChI=1S/C17H14N2O2/c1-12-11-16(21-19-12)17(20)18-15-9-7-14(8-10-15)13-5-3-2-4-6-13/h2-11H,1H3,(H,18,20). The van der Waals surface area contributed by atoms with E-state index in [0.717, 1.165) is 11.1 Å². The van der Waals surface area contributed by atoms with Crippen LogP contribution in [-0.2, 0) is 0 Å². The Balaban J connectivity index is 1.74.